The maximum atomic E-state index is 12.6. The van der Waals surface area contributed by atoms with Crippen LogP contribution in [0.25, 0.3) is 0 Å². The van der Waals surface area contributed by atoms with Crippen molar-refractivity contribution in [3.05, 3.63) is 29.3 Å². The van der Waals surface area contributed by atoms with Crippen molar-refractivity contribution in [1.29, 1.82) is 0 Å². The fourth-order valence-electron chi connectivity index (χ4n) is 2.33. The van der Waals surface area contributed by atoms with Gasteiger partial charge in [0.25, 0.3) is 0 Å². The molecule has 0 radical (unpaired) electrons. The molecular formula is C13H18N2O4S. The predicted molar refractivity (Wildman–Crippen MR) is 74.4 cm³/mol. The Bertz CT molecular complexity index is 605. The minimum atomic E-state index is -3.64. The summed E-state index contributed by atoms with van der Waals surface area (Å²) in [6, 6.07) is 4.36. The van der Waals surface area contributed by atoms with Crippen molar-refractivity contribution in [1.82, 2.24) is 9.62 Å². The molecule has 0 saturated carbocycles. The highest BCUT2D eigenvalue weighted by Gasteiger charge is 2.28. The van der Waals surface area contributed by atoms with Crippen LogP contribution in [0.5, 0.6) is 0 Å². The first-order valence-corrected chi connectivity index (χ1v) is 7.92. The standard InChI is InChI=1S/C13H18N2O4S/c1-10-11(13(16)17)4-2-5-12(10)20(18,19)15-8-3-6-14-7-9-15/h2,4-5,14H,3,6-9H2,1H3,(H,16,17). The van der Waals surface area contributed by atoms with Crippen molar-refractivity contribution in [2.75, 3.05) is 26.2 Å². The Morgan fingerprint density at radius 3 is 2.75 bits per heavy atom. The van der Waals surface area contributed by atoms with Crippen molar-refractivity contribution < 1.29 is 18.3 Å². The normalized spacial score (nSPS) is 17.6. The summed E-state index contributed by atoms with van der Waals surface area (Å²) in [5, 5.41) is 12.2. The zero-order chi connectivity index (χ0) is 14.8. The number of nitrogens with one attached hydrogen (secondary N) is 1. The third kappa shape index (κ3) is 2.84. The minimum Gasteiger partial charge on any atom is -0.478 e. The number of hydrogen-bond donors (Lipinski definition) is 2. The van der Waals surface area contributed by atoms with E-state index < -0.39 is 16.0 Å². The van der Waals surface area contributed by atoms with Gasteiger partial charge in [-0.15, -0.1) is 0 Å². The number of nitrogens with zero attached hydrogens (tertiary/aromatic N) is 1. The second-order valence-corrected chi connectivity index (χ2v) is 6.65. The molecule has 0 atom stereocenters. The van der Waals surface area contributed by atoms with E-state index in [0.717, 1.165) is 13.0 Å². The topological polar surface area (TPSA) is 86.7 Å². The molecule has 2 N–H and O–H groups in total. The van der Waals surface area contributed by atoms with Crippen LogP contribution in [0.15, 0.2) is 23.1 Å². The van der Waals surface area contributed by atoms with E-state index in [9.17, 15) is 13.2 Å². The highest BCUT2D eigenvalue weighted by atomic mass is 32.2. The van der Waals surface area contributed by atoms with Crippen LogP contribution in [0.3, 0.4) is 0 Å². The van der Waals surface area contributed by atoms with Crippen LogP contribution in [-0.4, -0.2) is 50.0 Å². The Hall–Kier alpha value is -1.44. The Morgan fingerprint density at radius 2 is 2.05 bits per heavy atom. The molecule has 110 valence electrons. The van der Waals surface area contributed by atoms with Gasteiger partial charge in [-0.1, -0.05) is 6.07 Å². The van der Waals surface area contributed by atoms with Gasteiger partial charge in [0, 0.05) is 19.6 Å². The molecule has 0 amide bonds. The van der Waals surface area contributed by atoms with Crippen molar-refractivity contribution in [2.24, 2.45) is 0 Å². The van der Waals surface area contributed by atoms with Crippen molar-refractivity contribution in [3.63, 3.8) is 0 Å². The Morgan fingerprint density at radius 1 is 1.30 bits per heavy atom. The molecule has 1 aromatic carbocycles. The lowest BCUT2D eigenvalue weighted by atomic mass is 10.1. The van der Waals surface area contributed by atoms with Crippen LogP contribution >= 0.6 is 0 Å². The van der Waals surface area contributed by atoms with Gasteiger partial charge in [0.05, 0.1) is 10.5 Å². The SMILES string of the molecule is Cc1c(C(=O)O)cccc1S(=O)(=O)N1CCCNCC1. The average Bonchev–Trinajstić information content (AvgIpc) is 2.67. The lowest BCUT2D eigenvalue weighted by Crippen LogP contribution is -2.34. The van der Waals surface area contributed by atoms with Gasteiger partial charge in [-0.05, 0) is 37.6 Å². The Balaban J connectivity index is 2.43. The van der Waals surface area contributed by atoms with Gasteiger partial charge in [0.15, 0.2) is 0 Å². The van der Waals surface area contributed by atoms with E-state index in [0.29, 0.717) is 19.6 Å². The third-order valence-corrected chi connectivity index (χ3v) is 5.47. The highest BCUT2D eigenvalue weighted by Crippen LogP contribution is 2.23. The van der Waals surface area contributed by atoms with Crippen LogP contribution in [0.4, 0.5) is 0 Å². The lowest BCUT2D eigenvalue weighted by molar-refractivity contribution is 0.0696. The average molecular weight is 298 g/mol. The summed E-state index contributed by atoms with van der Waals surface area (Å²) in [4.78, 5) is 11.2. The monoisotopic (exact) mass is 298 g/mol. The highest BCUT2D eigenvalue weighted by molar-refractivity contribution is 7.89. The van der Waals surface area contributed by atoms with Gasteiger partial charge in [0.2, 0.25) is 10.0 Å². The fourth-order valence-corrected chi connectivity index (χ4v) is 4.05. The molecule has 1 aliphatic rings. The van der Waals surface area contributed by atoms with Gasteiger partial charge in [-0.2, -0.15) is 4.31 Å². The molecule has 1 aromatic rings. The van der Waals surface area contributed by atoms with Crippen molar-refractivity contribution in [2.45, 2.75) is 18.2 Å². The van der Waals surface area contributed by atoms with E-state index in [2.05, 4.69) is 5.32 Å². The molecule has 6 nitrogen and oxygen atoms in total. The third-order valence-electron chi connectivity index (χ3n) is 3.43. The van der Waals surface area contributed by atoms with Gasteiger partial charge in [-0.3, -0.25) is 0 Å². The van der Waals surface area contributed by atoms with Gasteiger partial charge >= 0.3 is 5.97 Å². The quantitative estimate of drug-likeness (QED) is 0.857. The zero-order valence-electron chi connectivity index (χ0n) is 11.3. The second-order valence-electron chi connectivity index (χ2n) is 4.74. The molecule has 7 heteroatoms. The number of benzene rings is 1. The fraction of sp³-hybridized carbons (Fsp3) is 0.462. The van der Waals surface area contributed by atoms with E-state index in [1.165, 1.54) is 29.4 Å². The first kappa shape index (κ1) is 15.0. The summed E-state index contributed by atoms with van der Waals surface area (Å²) in [5.41, 5.74) is 0.316. The zero-order valence-corrected chi connectivity index (χ0v) is 12.1. The number of aromatic carboxylic acids is 1. The van der Waals surface area contributed by atoms with Crippen LogP contribution in [0.2, 0.25) is 0 Å². The molecule has 0 bridgehead atoms. The van der Waals surface area contributed by atoms with Gasteiger partial charge in [0.1, 0.15) is 0 Å². The van der Waals surface area contributed by atoms with Crippen LogP contribution in [0.1, 0.15) is 22.3 Å². The maximum Gasteiger partial charge on any atom is 0.335 e. The molecule has 20 heavy (non-hydrogen) atoms. The number of rotatable bonds is 3. The summed E-state index contributed by atoms with van der Waals surface area (Å²) in [5.74, 6) is -1.11. The smallest absolute Gasteiger partial charge is 0.335 e. The number of hydrogen-bond acceptors (Lipinski definition) is 4. The Labute approximate surface area is 118 Å². The predicted octanol–water partition coefficient (Wildman–Crippen LogP) is 0.677. The number of carbonyl (C=O) groups is 1. The summed E-state index contributed by atoms with van der Waals surface area (Å²) in [6.45, 7) is 3.79. The first-order valence-electron chi connectivity index (χ1n) is 6.48. The van der Waals surface area contributed by atoms with Gasteiger partial charge < -0.3 is 10.4 Å². The molecule has 1 aliphatic heterocycles. The Kier molecular flexibility index (Phi) is 4.42. The van der Waals surface area contributed by atoms with E-state index >= 15 is 0 Å². The van der Waals surface area contributed by atoms with Crippen molar-refractivity contribution >= 4 is 16.0 Å². The second kappa shape index (κ2) is 5.90. The summed E-state index contributed by atoms with van der Waals surface area (Å²) in [7, 11) is -3.64. The number of carboxylic acids is 1. The molecule has 1 heterocycles. The molecule has 0 aliphatic carbocycles. The molecule has 0 aromatic heterocycles. The van der Waals surface area contributed by atoms with Crippen molar-refractivity contribution in [3.8, 4) is 0 Å². The molecule has 2 rings (SSSR count). The molecule has 0 spiro atoms. The van der Waals surface area contributed by atoms with E-state index in [1.54, 1.807) is 0 Å². The van der Waals surface area contributed by atoms with Crippen LogP contribution in [0, 0.1) is 6.92 Å². The summed E-state index contributed by atoms with van der Waals surface area (Å²) < 4.78 is 26.7. The first-order chi connectivity index (χ1) is 9.44. The molecular weight excluding hydrogens is 280 g/mol. The number of sulfonamides is 1. The molecule has 1 saturated heterocycles. The van der Waals surface area contributed by atoms with Gasteiger partial charge in [-0.25, -0.2) is 13.2 Å². The largest absolute Gasteiger partial charge is 0.478 e. The van der Waals surface area contributed by atoms with E-state index in [4.69, 9.17) is 5.11 Å². The van der Waals surface area contributed by atoms with Crippen LogP contribution in [-0.2, 0) is 10.0 Å². The summed E-state index contributed by atoms with van der Waals surface area (Å²) in [6.07, 6.45) is 0.747. The summed E-state index contributed by atoms with van der Waals surface area (Å²) >= 11 is 0. The minimum absolute atomic E-state index is 0.0269. The van der Waals surface area contributed by atoms with E-state index in [1.807, 2.05) is 0 Å². The van der Waals surface area contributed by atoms with E-state index in [-0.39, 0.29) is 16.0 Å². The van der Waals surface area contributed by atoms with Crippen LogP contribution < -0.4 is 5.32 Å². The number of carboxylic acid groups (broad SMARTS) is 1. The lowest BCUT2D eigenvalue weighted by Gasteiger charge is -2.21. The molecule has 1 fully saturated rings. The molecule has 0 unspecified atom stereocenters. The maximum absolute atomic E-state index is 12.6.